The molecular formula is C21H30N2O2. The minimum Gasteiger partial charge on any atom is -0.353 e. The molecule has 0 saturated carbocycles. The van der Waals surface area contributed by atoms with E-state index >= 15 is 0 Å². The average molecular weight is 342 g/mol. The minimum atomic E-state index is 0.0132. The van der Waals surface area contributed by atoms with Crippen molar-refractivity contribution >= 4 is 11.7 Å². The Morgan fingerprint density at radius 2 is 1.76 bits per heavy atom. The number of hydrogen-bond acceptors (Lipinski definition) is 3. The zero-order valence-electron chi connectivity index (χ0n) is 15.2. The third-order valence-corrected chi connectivity index (χ3v) is 5.51. The van der Waals surface area contributed by atoms with Crippen LogP contribution in [0.3, 0.4) is 0 Å². The smallest absolute Gasteiger partial charge is 0.220 e. The van der Waals surface area contributed by atoms with Crippen LogP contribution in [-0.4, -0.2) is 29.8 Å². The number of unbranched alkanes of at least 4 members (excludes halogenated alkanes) is 1. The molecular weight excluding hydrogens is 312 g/mol. The Morgan fingerprint density at radius 3 is 2.40 bits per heavy atom. The molecule has 2 fully saturated rings. The van der Waals surface area contributed by atoms with E-state index in [-0.39, 0.29) is 30.6 Å². The summed E-state index contributed by atoms with van der Waals surface area (Å²) in [6.45, 7) is 2.18. The van der Waals surface area contributed by atoms with Gasteiger partial charge in [-0.2, -0.15) is 0 Å². The van der Waals surface area contributed by atoms with Gasteiger partial charge in [0.2, 0.25) is 5.91 Å². The van der Waals surface area contributed by atoms with Gasteiger partial charge in [0.15, 0.2) is 5.78 Å². The molecule has 1 aromatic rings. The average Bonchev–Trinajstić information content (AvgIpc) is 2.96. The normalized spacial score (nSPS) is 24.9. The number of ketones is 1. The van der Waals surface area contributed by atoms with E-state index in [0.29, 0.717) is 17.6 Å². The van der Waals surface area contributed by atoms with Gasteiger partial charge in [-0.3, -0.25) is 9.59 Å². The first kappa shape index (κ1) is 18.1. The summed E-state index contributed by atoms with van der Waals surface area (Å²) in [6, 6.07) is 9.28. The van der Waals surface area contributed by atoms with Gasteiger partial charge in [0.1, 0.15) is 0 Å². The van der Waals surface area contributed by atoms with Crippen molar-refractivity contribution in [3.8, 4) is 0 Å². The molecule has 2 atom stereocenters. The Bertz CT molecular complexity index is 584. The van der Waals surface area contributed by atoms with Gasteiger partial charge >= 0.3 is 0 Å². The van der Waals surface area contributed by atoms with Crippen molar-refractivity contribution in [1.29, 1.82) is 0 Å². The lowest BCUT2D eigenvalue weighted by Gasteiger charge is -2.29. The lowest BCUT2D eigenvalue weighted by atomic mass is 9.99. The molecule has 2 aliphatic heterocycles. The second kappa shape index (κ2) is 8.61. The van der Waals surface area contributed by atoms with Crippen molar-refractivity contribution < 1.29 is 9.59 Å². The van der Waals surface area contributed by atoms with E-state index in [1.54, 1.807) is 0 Å². The van der Waals surface area contributed by atoms with Gasteiger partial charge in [-0.1, -0.05) is 37.6 Å². The second-order valence-electron chi connectivity index (χ2n) is 7.60. The number of fused-ring (bicyclic) bond motifs is 2. The predicted molar refractivity (Wildman–Crippen MR) is 99.7 cm³/mol. The molecule has 0 aliphatic carbocycles. The van der Waals surface area contributed by atoms with Gasteiger partial charge in [0.25, 0.3) is 0 Å². The summed E-state index contributed by atoms with van der Waals surface area (Å²) in [4.78, 5) is 24.5. The predicted octanol–water partition coefficient (Wildman–Crippen LogP) is 3.39. The highest BCUT2D eigenvalue weighted by Crippen LogP contribution is 2.26. The van der Waals surface area contributed by atoms with Crippen LogP contribution in [0, 0.1) is 0 Å². The molecule has 25 heavy (non-hydrogen) atoms. The third-order valence-electron chi connectivity index (χ3n) is 5.51. The fraction of sp³-hybridized carbons (Fsp3) is 0.619. The number of piperidine rings is 1. The van der Waals surface area contributed by atoms with E-state index in [1.807, 2.05) is 24.3 Å². The number of amides is 1. The quantitative estimate of drug-likeness (QED) is 0.712. The molecule has 2 bridgehead atoms. The molecule has 1 amide bonds. The second-order valence-corrected chi connectivity index (χ2v) is 7.60. The number of carbonyl (C=O) groups excluding carboxylic acids is 2. The molecule has 2 saturated heterocycles. The zero-order valence-corrected chi connectivity index (χ0v) is 15.2. The van der Waals surface area contributed by atoms with Crippen LogP contribution >= 0.6 is 0 Å². The van der Waals surface area contributed by atoms with Gasteiger partial charge in [-0.25, -0.2) is 0 Å². The van der Waals surface area contributed by atoms with Crippen molar-refractivity contribution in [2.75, 3.05) is 0 Å². The number of aryl methyl sites for hydroxylation is 1. The van der Waals surface area contributed by atoms with E-state index < -0.39 is 0 Å². The number of Topliss-reactive ketones (excluding diaryl/α,β-unsaturated/α-hetero) is 1. The fourth-order valence-electron chi connectivity index (χ4n) is 4.08. The maximum atomic E-state index is 12.3. The Morgan fingerprint density at radius 1 is 1.08 bits per heavy atom. The van der Waals surface area contributed by atoms with Gasteiger partial charge in [-0.15, -0.1) is 0 Å². The Hall–Kier alpha value is -1.68. The topological polar surface area (TPSA) is 58.2 Å². The van der Waals surface area contributed by atoms with Crippen LogP contribution < -0.4 is 10.6 Å². The number of carbonyl (C=O) groups is 2. The van der Waals surface area contributed by atoms with E-state index in [0.717, 1.165) is 19.3 Å². The molecule has 0 aromatic heterocycles. The molecule has 1 aromatic carbocycles. The highest BCUT2D eigenvalue weighted by Gasteiger charge is 2.33. The van der Waals surface area contributed by atoms with Crippen LogP contribution in [-0.2, 0) is 11.2 Å². The summed E-state index contributed by atoms with van der Waals surface area (Å²) in [5.41, 5.74) is 1.99. The van der Waals surface area contributed by atoms with Crippen LogP contribution in [0.1, 0.15) is 74.2 Å². The fourth-order valence-corrected chi connectivity index (χ4v) is 4.08. The number of hydrogen-bond donors (Lipinski definition) is 2. The van der Waals surface area contributed by atoms with Gasteiger partial charge in [0, 0.05) is 36.5 Å². The van der Waals surface area contributed by atoms with Crippen LogP contribution in [0.5, 0.6) is 0 Å². The first-order valence-corrected chi connectivity index (χ1v) is 9.81. The molecule has 2 heterocycles. The highest BCUT2D eigenvalue weighted by molar-refractivity contribution is 5.98. The van der Waals surface area contributed by atoms with E-state index in [2.05, 4.69) is 17.6 Å². The van der Waals surface area contributed by atoms with Crippen LogP contribution in [0.25, 0.3) is 0 Å². The van der Waals surface area contributed by atoms with Crippen LogP contribution in [0.4, 0.5) is 0 Å². The monoisotopic (exact) mass is 342 g/mol. The van der Waals surface area contributed by atoms with Crippen molar-refractivity contribution in [2.45, 2.75) is 82.8 Å². The number of nitrogens with one attached hydrogen (secondary N) is 2. The molecule has 4 heteroatoms. The molecule has 2 N–H and O–H groups in total. The van der Waals surface area contributed by atoms with Crippen molar-refractivity contribution in [3.63, 3.8) is 0 Å². The van der Waals surface area contributed by atoms with Crippen molar-refractivity contribution in [2.24, 2.45) is 0 Å². The number of benzene rings is 1. The molecule has 136 valence electrons. The summed E-state index contributed by atoms with van der Waals surface area (Å²) >= 11 is 0. The van der Waals surface area contributed by atoms with Gasteiger partial charge < -0.3 is 10.6 Å². The summed E-state index contributed by atoms with van der Waals surface area (Å²) < 4.78 is 0. The lowest BCUT2D eigenvalue weighted by molar-refractivity contribution is -0.122. The zero-order chi connectivity index (χ0) is 17.6. The largest absolute Gasteiger partial charge is 0.353 e. The Balaban J connectivity index is 1.41. The summed E-state index contributed by atoms with van der Waals surface area (Å²) in [5.74, 6) is 0.0711. The number of rotatable bonds is 8. The van der Waals surface area contributed by atoms with Gasteiger partial charge in [-0.05, 0) is 44.1 Å². The SMILES string of the molecule is CCCCc1ccc(C(=O)CCC(=O)NC2CC3CCC(C2)N3)cc1. The third kappa shape index (κ3) is 5.15. The molecule has 0 spiro atoms. The maximum Gasteiger partial charge on any atom is 0.220 e. The highest BCUT2D eigenvalue weighted by atomic mass is 16.2. The first-order valence-electron chi connectivity index (χ1n) is 9.81. The van der Waals surface area contributed by atoms with E-state index in [4.69, 9.17) is 0 Å². The van der Waals surface area contributed by atoms with E-state index in [9.17, 15) is 9.59 Å². The summed E-state index contributed by atoms with van der Waals surface area (Å²) in [6.07, 6.45) is 8.48. The lowest BCUT2D eigenvalue weighted by Crippen LogP contribution is -2.48. The molecule has 2 unspecified atom stereocenters. The van der Waals surface area contributed by atoms with Crippen molar-refractivity contribution in [1.82, 2.24) is 10.6 Å². The Kier molecular flexibility index (Phi) is 6.24. The van der Waals surface area contributed by atoms with Crippen LogP contribution in [0.2, 0.25) is 0 Å². The molecule has 4 nitrogen and oxygen atoms in total. The van der Waals surface area contributed by atoms with Crippen molar-refractivity contribution in [3.05, 3.63) is 35.4 Å². The molecule has 3 rings (SSSR count). The maximum absolute atomic E-state index is 12.3. The van der Waals surface area contributed by atoms with Crippen LogP contribution in [0.15, 0.2) is 24.3 Å². The standard InChI is InChI=1S/C21H30N2O2/c1-2-3-4-15-5-7-16(8-6-15)20(24)11-12-21(25)23-19-13-17-9-10-18(14-19)22-17/h5-8,17-19,22H,2-4,9-14H2,1H3,(H,23,25). The first-order chi connectivity index (χ1) is 12.1. The molecule has 0 radical (unpaired) electrons. The molecule has 2 aliphatic rings. The summed E-state index contributed by atoms with van der Waals surface area (Å²) in [7, 11) is 0. The summed E-state index contributed by atoms with van der Waals surface area (Å²) in [5, 5.41) is 6.70. The Labute approximate surface area is 150 Å². The van der Waals surface area contributed by atoms with Gasteiger partial charge in [0.05, 0.1) is 0 Å². The van der Waals surface area contributed by atoms with E-state index in [1.165, 1.54) is 31.2 Å². The minimum absolute atomic E-state index is 0.0132.